The van der Waals surface area contributed by atoms with Gasteiger partial charge in [-0.3, -0.25) is 9.59 Å². The molecule has 0 aliphatic carbocycles. The predicted molar refractivity (Wildman–Crippen MR) is 68.6 cm³/mol. The number of carboxylic acid groups (broad SMARTS) is 1. The lowest BCUT2D eigenvalue weighted by molar-refractivity contribution is -0.143. The summed E-state index contributed by atoms with van der Waals surface area (Å²) in [6, 6.07) is 6.73. The average molecular weight is 263 g/mol. The van der Waals surface area contributed by atoms with Crippen molar-refractivity contribution in [1.29, 1.82) is 0 Å². The first-order valence-electron chi connectivity index (χ1n) is 6.33. The van der Waals surface area contributed by atoms with Gasteiger partial charge in [0.15, 0.2) is 0 Å². The molecule has 1 aromatic rings. The van der Waals surface area contributed by atoms with Crippen LogP contribution in [0, 0.1) is 5.92 Å². The largest absolute Gasteiger partial charge is 0.481 e. The third kappa shape index (κ3) is 3.12. The number of amides is 1. The summed E-state index contributed by atoms with van der Waals surface area (Å²) >= 11 is 0. The average Bonchev–Trinajstić information content (AvgIpc) is 2.46. The minimum Gasteiger partial charge on any atom is -0.481 e. The van der Waals surface area contributed by atoms with Crippen LogP contribution in [0.3, 0.4) is 0 Å². The van der Waals surface area contributed by atoms with E-state index >= 15 is 0 Å². The number of nitrogens with zero attached hydrogens (tertiary/aromatic N) is 1. The van der Waals surface area contributed by atoms with Gasteiger partial charge in [-0.05, 0) is 30.5 Å². The van der Waals surface area contributed by atoms with E-state index in [0.29, 0.717) is 18.5 Å². The lowest BCUT2D eigenvalue weighted by Crippen LogP contribution is -2.42. The molecule has 1 aliphatic heterocycles. The van der Waals surface area contributed by atoms with E-state index in [-0.39, 0.29) is 19.1 Å². The standard InChI is InChI=1S/C14H17NO4/c16-9-10-3-5-11(6-4-10)13(17)15-7-1-2-12(8-15)14(18)19/h3-6,12,16H,1-2,7-9H2,(H,18,19). The highest BCUT2D eigenvalue weighted by Crippen LogP contribution is 2.19. The van der Waals surface area contributed by atoms with E-state index < -0.39 is 11.9 Å². The summed E-state index contributed by atoms with van der Waals surface area (Å²) in [7, 11) is 0. The van der Waals surface area contributed by atoms with Gasteiger partial charge < -0.3 is 15.1 Å². The molecule has 102 valence electrons. The fourth-order valence-corrected chi connectivity index (χ4v) is 2.30. The number of hydrogen-bond donors (Lipinski definition) is 2. The zero-order valence-electron chi connectivity index (χ0n) is 10.6. The van der Waals surface area contributed by atoms with Crippen molar-refractivity contribution >= 4 is 11.9 Å². The number of hydrogen-bond acceptors (Lipinski definition) is 3. The monoisotopic (exact) mass is 263 g/mol. The summed E-state index contributed by atoms with van der Waals surface area (Å²) in [5, 5.41) is 18.0. The van der Waals surface area contributed by atoms with Crippen molar-refractivity contribution in [1.82, 2.24) is 4.90 Å². The fraction of sp³-hybridized carbons (Fsp3) is 0.429. The van der Waals surface area contributed by atoms with Crippen molar-refractivity contribution in [3.8, 4) is 0 Å². The Hall–Kier alpha value is -1.88. The third-order valence-corrected chi connectivity index (χ3v) is 3.44. The van der Waals surface area contributed by atoms with E-state index in [1.807, 2.05) is 0 Å². The molecule has 1 amide bonds. The quantitative estimate of drug-likeness (QED) is 0.856. The van der Waals surface area contributed by atoms with Gasteiger partial charge in [0.2, 0.25) is 0 Å². The van der Waals surface area contributed by atoms with Gasteiger partial charge in [-0.15, -0.1) is 0 Å². The highest BCUT2D eigenvalue weighted by molar-refractivity contribution is 5.94. The summed E-state index contributed by atoms with van der Waals surface area (Å²) in [4.78, 5) is 24.8. The van der Waals surface area contributed by atoms with Crippen molar-refractivity contribution < 1.29 is 19.8 Å². The number of aliphatic hydroxyl groups is 1. The molecule has 5 heteroatoms. The van der Waals surface area contributed by atoms with Gasteiger partial charge in [-0.1, -0.05) is 12.1 Å². The molecule has 1 fully saturated rings. The molecular weight excluding hydrogens is 246 g/mol. The summed E-state index contributed by atoms with van der Waals surface area (Å²) in [6.07, 6.45) is 1.35. The first kappa shape index (κ1) is 13.5. The molecule has 2 N–H and O–H groups in total. The maximum absolute atomic E-state index is 12.2. The number of carboxylic acids is 1. The SMILES string of the molecule is O=C(O)C1CCCN(C(=O)c2ccc(CO)cc2)C1. The van der Waals surface area contributed by atoms with E-state index in [1.165, 1.54) is 0 Å². The molecule has 0 bridgehead atoms. The lowest BCUT2D eigenvalue weighted by Gasteiger charge is -2.30. The molecular formula is C14H17NO4. The Kier molecular flexibility index (Phi) is 4.16. The summed E-state index contributed by atoms with van der Waals surface area (Å²) < 4.78 is 0. The Morgan fingerprint density at radius 3 is 2.53 bits per heavy atom. The minimum absolute atomic E-state index is 0.0563. The number of benzene rings is 1. The minimum atomic E-state index is -0.840. The van der Waals surface area contributed by atoms with E-state index in [1.54, 1.807) is 29.2 Å². The molecule has 1 heterocycles. The second-order valence-corrected chi connectivity index (χ2v) is 4.78. The number of carbonyl (C=O) groups is 2. The molecule has 1 aromatic carbocycles. The van der Waals surface area contributed by atoms with Crippen LogP contribution in [0.5, 0.6) is 0 Å². The Labute approximate surface area is 111 Å². The third-order valence-electron chi connectivity index (χ3n) is 3.44. The molecule has 0 saturated carbocycles. The fourth-order valence-electron chi connectivity index (χ4n) is 2.30. The van der Waals surface area contributed by atoms with Crippen molar-refractivity contribution in [3.63, 3.8) is 0 Å². The van der Waals surface area contributed by atoms with Crippen molar-refractivity contribution in [2.45, 2.75) is 19.4 Å². The molecule has 0 aromatic heterocycles. The van der Waals surface area contributed by atoms with Gasteiger partial charge >= 0.3 is 5.97 Å². The van der Waals surface area contributed by atoms with Crippen LogP contribution in [-0.4, -0.2) is 40.1 Å². The normalized spacial score (nSPS) is 19.2. The van der Waals surface area contributed by atoms with Crippen LogP contribution < -0.4 is 0 Å². The van der Waals surface area contributed by atoms with E-state index in [0.717, 1.165) is 12.0 Å². The van der Waals surface area contributed by atoms with Gasteiger partial charge in [-0.25, -0.2) is 0 Å². The number of carbonyl (C=O) groups excluding carboxylic acids is 1. The molecule has 2 rings (SSSR count). The Morgan fingerprint density at radius 2 is 1.95 bits per heavy atom. The van der Waals surface area contributed by atoms with Crippen LogP contribution in [0.4, 0.5) is 0 Å². The van der Waals surface area contributed by atoms with Crippen molar-refractivity contribution in [2.24, 2.45) is 5.92 Å². The van der Waals surface area contributed by atoms with Crippen LogP contribution in [0.25, 0.3) is 0 Å². The van der Waals surface area contributed by atoms with E-state index in [9.17, 15) is 9.59 Å². The van der Waals surface area contributed by atoms with Gasteiger partial charge in [-0.2, -0.15) is 0 Å². The maximum atomic E-state index is 12.2. The van der Waals surface area contributed by atoms with E-state index in [2.05, 4.69) is 0 Å². The first-order valence-corrected chi connectivity index (χ1v) is 6.33. The molecule has 0 spiro atoms. The number of aliphatic carboxylic acids is 1. The van der Waals surface area contributed by atoms with Crippen molar-refractivity contribution in [3.05, 3.63) is 35.4 Å². The van der Waals surface area contributed by atoms with E-state index in [4.69, 9.17) is 10.2 Å². The van der Waals surface area contributed by atoms with Gasteiger partial charge in [0, 0.05) is 18.7 Å². The highest BCUT2D eigenvalue weighted by Gasteiger charge is 2.28. The van der Waals surface area contributed by atoms with Gasteiger partial charge in [0.1, 0.15) is 0 Å². The summed E-state index contributed by atoms with van der Waals surface area (Å²) in [5.74, 6) is -1.45. The van der Waals surface area contributed by atoms with Crippen LogP contribution in [0.1, 0.15) is 28.8 Å². The first-order chi connectivity index (χ1) is 9.11. The number of piperidine rings is 1. The molecule has 1 saturated heterocycles. The van der Waals surface area contributed by atoms with Crippen LogP contribution in [0.2, 0.25) is 0 Å². The molecule has 5 nitrogen and oxygen atoms in total. The Morgan fingerprint density at radius 1 is 1.26 bits per heavy atom. The van der Waals surface area contributed by atoms with Gasteiger partial charge in [0.25, 0.3) is 5.91 Å². The summed E-state index contributed by atoms with van der Waals surface area (Å²) in [6.45, 7) is 0.819. The number of aliphatic hydroxyl groups excluding tert-OH is 1. The smallest absolute Gasteiger partial charge is 0.308 e. The molecule has 1 aliphatic rings. The number of rotatable bonds is 3. The summed E-state index contributed by atoms with van der Waals surface area (Å²) in [5.41, 5.74) is 1.28. The Balaban J connectivity index is 2.07. The van der Waals surface area contributed by atoms with Gasteiger partial charge in [0.05, 0.1) is 12.5 Å². The lowest BCUT2D eigenvalue weighted by atomic mass is 9.97. The molecule has 19 heavy (non-hydrogen) atoms. The van der Waals surface area contributed by atoms with Crippen LogP contribution in [0.15, 0.2) is 24.3 Å². The van der Waals surface area contributed by atoms with Crippen LogP contribution >= 0.6 is 0 Å². The second-order valence-electron chi connectivity index (χ2n) is 4.78. The van der Waals surface area contributed by atoms with Crippen molar-refractivity contribution in [2.75, 3.05) is 13.1 Å². The predicted octanol–water partition coefficient (Wildman–Crippen LogP) is 1.12. The maximum Gasteiger partial charge on any atom is 0.308 e. The molecule has 1 unspecified atom stereocenters. The number of likely N-dealkylation sites (tertiary alicyclic amines) is 1. The highest BCUT2D eigenvalue weighted by atomic mass is 16.4. The molecule has 0 radical (unpaired) electrons. The zero-order chi connectivity index (χ0) is 13.8. The Bertz CT molecular complexity index is 469. The van der Waals surface area contributed by atoms with Crippen LogP contribution in [-0.2, 0) is 11.4 Å². The second kappa shape index (κ2) is 5.84. The molecule has 1 atom stereocenters. The zero-order valence-corrected chi connectivity index (χ0v) is 10.6. The topological polar surface area (TPSA) is 77.8 Å².